The quantitative estimate of drug-likeness (QED) is 0.281. The highest BCUT2D eigenvalue weighted by molar-refractivity contribution is 9.13. The number of hydrogen-bond acceptors (Lipinski definition) is 6. The van der Waals surface area contributed by atoms with Crippen LogP contribution in [0.3, 0.4) is 0 Å². The molecule has 0 aliphatic heterocycles. The molecule has 8 nitrogen and oxygen atoms in total. The van der Waals surface area contributed by atoms with Crippen molar-refractivity contribution in [1.82, 2.24) is 24.6 Å². The van der Waals surface area contributed by atoms with Gasteiger partial charge in [0.25, 0.3) is 10.0 Å². The summed E-state index contributed by atoms with van der Waals surface area (Å²) >= 11 is 7.52. The fourth-order valence-electron chi connectivity index (χ4n) is 3.71. The number of carbonyl (C=O) groups excluding carboxylic acids is 1. The van der Waals surface area contributed by atoms with Crippen LogP contribution in [0.5, 0.6) is 0 Å². The molecule has 3 aromatic heterocycles. The number of aryl methyl sites for hydroxylation is 3. The molecule has 4 rings (SSSR count). The third-order valence-corrected chi connectivity index (χ3v) is 10.4. The first-order valence-electron chi connectivity index (χ1n) is 10.8. The van der Waals surface area contributed by atoms with Crippen molar-refractivity contribution in [2.24, 2.45) is 0 Å². The van der Waals surface area contributed by atoms with E-state index in [0.717, 1.165) is 57.3 Å². The minimum Gasteiger partial charge on any atom is -0.337 e. The molecule has 0 saturated heterocycles. The second-order valence-electron chi connectivity index (χ2n) is 7.93. The third-order valence-electron chi connectivity index (χ3n) is 5.33. The van der Waals surface area contributed by atoms with Gasteiger partial charge in [0.15, 0.2) is 5.65 Å². The van der Waals surface area contributed by atoms with Crippen LogP contribution in [0.15, 0.2) is 48.9 Å². The number of hydrogen-bond donors (Lipinski definition) is 2. The molecule has 0 fully saturated rings. The Hall–Kier alpha value is -2.28. The number of nitrogens with one attached hydrogen (secondary N) is 2. The van der Waals surface area contributed by atoms with Gasteiger partial charge >= 0.3 is 6.03 Å². The fraction of sp³-hybridized carbons (Fsp3) is 0.261. The number of imidazole rings is 1. The van der Waals surface area contributed by atoms with Crippen LogP contribution >= 0.6 is 43.2 Å². The van der Waals surface area contributed by atoms with Crippen molar-refractivity contribution >= 4 is 70.4 Å². The predicted molar refractivity (Wildman–Crippen MR) is 145 cm³/mol. The van der Waals surface area contributed by atoms with Crippen LogP contribution < -0.4 is 10.0 Å². The Kier molecular flexibility index (Phi) is 7.65. The molecule has 0 aliphatic carbocycles. The highest BCUT2D eigenvalue weighted by Crippen LogP contribution is 2.34. The van der Waals surface area contributed by atoms with Gasteiger partial charge in [-0.05, 0) is 87.5 Å². The highest BCUT2D eigenvalue weighted by Gasteiger charge is 2.21. The zero-order valence-corrected chi connectivity index (χ0v) is 24.0. The van der Waals surface area contributed by atoms with Crippen molar-refractivity contribution in [3.63, 3.8) is 0 Å². The molecular weight excluding hydrogens is 618 g/mol. The second-order valence-corrected chi connectivity index (χ2v) is 13.1. The van der Waals surface area contributed by atoms with Crippen LogP contribution in [0, 0.1) is 13.8 Å². The summed E-state index contributed by atoms with van der Waals surface area (Å²) in [5, 5.41) is 2.60. The smallest absolute Gasteiger partial charge is 0.328 e. The van der Waals surface area contributed by atoms with E-state index >= 15 is 0 Å². The molecule has 0 aliphatic rings. The number of halogens is 2. The number of aromatic nitrogens is 3. The van der Waals surface area contributed by atoms with Crippen molar-refractivity contribution in [2.75, 3.05) is 6.54 Å². The molecular formula is C23H23Br2N5O3S2. The molecule has 0 bridgehead atoms. The van der Waals surface area contributed by atoms with E-state index in [9.17, 15) is 13.2 Å². The Bertz CT molecular complexity index is 1490. The average molecular weight is 641 g/mol. The van der Waals surface area contributed by atoms with E-state index < -0.39 is 16.1 Å². The molecule has 0 spiro atoms. The number of pyridine rings is 1. The zero-order valence-electron chi connectivity index (χ0n) is 19.2. The number of nitrogens with zero attached hydrogens (tertiary/aromatic N) is 3. The van der Waals surface area contributed by atoms with E-state index in [1.54, 1.807) is 0 Å². The first kappa shape index (κ1) is 25.8. The van der Waals surface area contributed by atoms with Gasteiger partial charge in [0, 0.05) is 28.8 Å². The van der Waals surface area contributed by atoms with Crippen LogP contribution in [0.25, 0.3) is 16.9 Å². The Balaban J connectivity index is 1.41. The molecule has 184 valence electrons. The van der Waals surface area contributed by atoms with Gasteiger partial charge in [-0.1, -0.05) is 19.1 Å². The summed E-state index contributed by atoms with van der Waals surface area (Å²) in [5.74, 6) is 0.943. The molecule has 3 heterocycles. The second kappa shape index (κ2) is 10.4. The highest BCUT2D eigenvalue weighted by atomic mass is 79.9. The number of benzene rings is 1. The summed E-state index contributed by atoms with van der Waals surface area (Å²) in [7, 11) is -3.94. The van der Waals surface area contributed by atoms with Crippen LogP contribution in [0.2, 0.25) is 0 Å². The van der Waals surface area contributed by atoms with Crippen molar-refractivity contribution in [2.45, 2.75) is 37.8 Å². The zero-order chi connectivity index (χ0) is 25.3. The first-order chi connectivity index (χ1) is 16.6. The normalized spacial score (nSPS) is 11.7. The lowest BCUT2D eigenvalue weighted by Crippen LogP contribution is -2.39. The van der Waals surface area contributed by atoms with Gasteiger partial charge in [0.2, 0.25) is 0 Å². The largest absolute Gasteiger partial charge is 0.337 e. The van der Waals surface area contributed by atoms with Crippen molar-refractivity contribution in [3.05, 3.63) is 67.3 Å². The van der Waals surface area contributed by atoms with Crippen LogP contribution in [0.4, 0.5) is 4.79 Å². The Morgan fingerprint density at radius 1 is 1.11 bits per heavy atom. The topological polar surface area (TPSA) is 106 Å². The molecule has 2 amide bonds. The molecule has 0 atom stereocenters. The molecule has 1 aromatic carbocycles. The maximum absolute atomic E-state index is 12.4. The monoisotopic (exact) mass is 639 g/mol. The van der Waals surface area contributed by atoms with E-state index in [-0.39, 0.29) is 10.8 Å². The van der Waals surface area contributed by atoms with Crippen LogP contribution in [-0.4, -0.2) is 35.5 Å². The van der Waals surface area contributed by atoms with Gasteiger partial charge in [-0.3, -0.25) is 4.57 Å². The molecule has 0 radical (unpaired) electrons. The molecule has 4 aromatic rings. The summed E-state index contributed by atoms with van der Waals surface area (Å²) < 4.78 is 30.1. The Labute approximate surface area is 224 Å². The Morgan fingerprint density at radius 3 is 2.46 bits per heavy atom. The lowest BCUT2D eigenvalue weighted by Gasteiger charge is -2.10. The standard InChI is InChI=1S/C23H23Br2N5O3S2/c1-4-18-28-20-13(2)11-14(3)27-22(20)30(18)16-7-5-15(6-8-16)9-10-26-23(31)29-35(32,33)19-12-17(24)21(25)34-19/h5-8,11-12H,4,9-10H2,1-3H3,(H2,26,29,31). The number of carbonyl (C=O) groups is 1. The number of fused-ring (bicyclic) bond motifs is 1. The average Bonchev–Trinajstić information content (AvgIpc) is 3.34. The van der Waals surface area contributed by atoms with Gasteiger partial charge < -0.3 is 5.32 Å². The molecule has 2 N–H and O–H groups in total. The number of rotatable bonds is 7. The van der Waals surface area contributed by atoms with E-state index in [1.807, 2.05) is 48.9 Å². The number of sulfonamides is 1. The van der Waals surface area contributed by atoms with Crippen molar-refractivity contribution in [1.29, 1.82) is 0 Å². The maximum atomic E-state index is 12.4. The maximum Gasteiger partial charge on any atom is 0.328 e. The molecule has 0 unspecified atom stereocenters. The molecule has 12 heteroatoms. The van der Waals surface area contributed by atoms with E-state index in [0.29, 0.717) is 14.7 Å². The predicted octanol–water partition coefficient (Wildman–Crippen LogP) is 5.42. The van der Waals surface area contributed by atoms with Gasteiger partial charge in [-0.25, -0.2) is 27.9 Å². The van der Waals surface area contributed by atoms with Gasteiger partial charge in [-0.2, -0.15) is 0 Å². The summed E-state index contributed by atoms with van der Waals surface area (Å²) in [6.07, 6.45) is 1.32. The van der Waals surface area contributed by atoms with Crippen LogP contribution in [-0.2, 0) is 22.9 Å². The molecule has 35 heavy (non-hydrogen) atoms. The minimum absolute atomic E-state index is 0.0420. The number of urea groups is 1. The fourth-order valence-corrected chi connectivity index (χ4v) is 7.46. The Morgan fingerprint density at radius 2 is 1.83 bits per heavy atom. The van der Waals surface area contributed by atoms with Crippen molar-refractivity contribution < 1.29 is 13.2 Å². The van der Waals surface area contributed by atoms with Crippen molar-refractivity contribution in [3.8, 4) is 5.69 Å². The number of amides is 2. The lowest BCUT2D eigenvalue weighted by atomic mass is 10.1. The van der Waals surface area contributed by atoms with Crippen LogP contribution in [0.1, 0.15) is 29.6 Å². The summed E-state index contributed by atoms with van der Waals surface area (Å²) in [5.41, 5.74) is 5.77. The summed E-state index contributed by atoms with van der Waals surface area (Å²) in [4.78, 5) is 21.6. The first-order valence-corrected chi connectivity index (χ1v) is 14.7. The number of thiophene rings is 1. The lowest BCUT2D eigenvalue weighted by molar-refractivity contribution is 0.246. The SMILES string of the molecule is CCc1nc2c(C)cc(C)nc2n1-c1ccc(CCNC(=O)NS(=O)(=O)c2cc(Br)c(Br)s2)cc1. The summed E-state index contributed by atoms with van der Waals surface area (Å²) in [6, 6.07) is 10.7. The third kappa shape index (κ3) is 5.60. The summed E-state index contributed by atoms with van der Waals surface area (Å²) in [6.45, 7) is 6.38. The van der Waals surface area contributed by atoms with E-state index in [2.05, 4.69) is 48.7 Å². The molecule has 0 saturated carbocycles. The van der Waals surface area contributed by atoms with Gasteiger partial charge in [0.1, 0.15) is 15.6 Å². The van der Waals surface area contributed by atoms with Gasteiger partial charge in [0.05, 0.1) is 3.79 Å². The minimum atomic E-state index is -3.94. The van der Waals surface area contributed by atoms with Gasteiger partial charge in [-0.15, -0.1) is 11.3 Å². The van der Waals surface area contributed by atoms with E-state index in [4.69, 9.17) is 9.97 Å². The van der Waals surface area contributed by atoms with E-state index in [1.165, 1.54) is 6.07 Å².